The maximum absolute atomic E-state index is 12.5. The number of amides is 2. The topological polar surface area (TPSA) is 65.2 Å². The number of nitrogens with zero attached hydrogens (tertiary/aromatic N) is 1. The van der Waals surface area contributed by atoms with Gasteiger partial charge in [0.05, 0.1) is 5.92 Å². The van der Waals surface area contributed by atoms with Gasteiger partial charge in [-0.1, -0.05) is 29.3 Å². The van der Waals surface area contributed by atoms with E-state index in [-0.39, 0.29) is 24.2 Å². The van der Waals surface area contributed by atoms with Gasteiger partial charge in [-0.25, -0.2) is 0 Å². The minimum atomic E-state index is -0.336. The summed E-state index contributed by atoms with van der Waals surface area (Å²) in [6.07, 6.45) is 3.02. The molecule has 28 heavy (non-hydrogen) atoms. The van der Waals surface area contributed by atoms with E-state index in [0.29, 0.717) is 23.8 Å². The number of aromatic nitrogens is 1. The van der Waals surface area contributed by atoms with Gasteiger partial charge in [0.15, 0.2) is 0 Å². The summed E-state index contributed by atoms with van der Waals surface area (Å²) in [5, 5.41) is 4.62. The lowest BCUT2D eigenvalue weighted by Gasteiger charge is -2.16. The number of H-pyrrole nitrogens is 1. The fourth-order valence-corrected chi connectivity index (χ4v) is 3.92. The van der Waals surface area contributed by atoms with Crippen LogP contribution in [0.1, 0.15) is 17.5 Å². The third kappa shape index (κ3) is 3.90. The Bertz CT molecular complexity index is 1040. The van der Waals surface area contributed by atoms with Crippen LogP contribution >= 0.6 is 11.6 Å². The molecule has 1 atom stereocenters. The highest BCUT2D eigenvalue weighted by atomic mass is 35.5. The zero-order valence-electron chi connectivity index (χ0n) is 15.7. The SMILES string of the molecule is Cc1ccc2[nH]cc(CCN3CC(C(=O)Nc4cccc(Cl)c4)CC3=O)c2c1. The summed E-state index contributed by atoms with van der Waals surface area (Å²) in [7, 11) is 0. The van der Waals surface area contributed by atoms with Crippen molar-refractivity contribution >= 4 is 40.0 Å². The van der Waals surface area contributed by atoms with Crippen LogP contribution in [-0.4, -0.2) is 34.8 Å². The molecule has 2 aromatic carbocycles. The Morgan fingerprint density at radius 2 is 2.14 bits per heavy atom. The highest BCUT2D eigenvalue weighted by Gasteiger charge is 2.34. The van der Waals surface area contributed by atoms with Crippen molar-refractivity contribution < 1.29 is 9.59 Å². The summed E-state index contributed by atoms with van der Waals surface area (Å²) in [5.74, 6) is -0.445. The summed E-state index contributed by atoms with van der Waals surface area (Å²) in [5.41, 5.74) is 4.16. The number of hydrogen-bond donors (Lipinski definition) is 2. The lowest BCUT2D eigenvalue weighted by atomic mass is 10.1. The monoisotopic (exact) mass is 395 g/mol. The Morgan fingerprint density at radius 1 is 1.29 bits per heavy atom. The minimum Gasteiger partial charge on any atom is -0.361 e. The summed E-state index contributed by atoms with van der Waals surface area (Å²) in [6.45, 7) is 3.14. The number of fused-ring (bicyclic) bond motifs is 1. The molecule has 2 N–H and O–H groups in total. The Balaban J connectivity index is 1.38. The number of carbonyl (C=O) groups is 2. The van der Waals surface area contributed by atoms with Crippen molar-refractivity contribution in [3.63, 3.8) is 0 Å². The Morgan fingerprint density at radius 3 is 2.96 bits per heavy atom. The summed E-state index contributed by atoms with van der Waals surface area (Å²) in [4.78, 5) is 30.0. The minimum absolute atomic E-state index is 0.0299. The molecule has 1 fully saturated rings. The van der Waals surface area contributed by atoms with Crippen LogP contribution in [0.3, 0.4) is 0 Å². The summed E-state index contributed by atoms with van der Waals surface area (Å²) < 4.78 is 0. The number of nitrogens with one attached hydrogen (secondary N) is 2. The molecule has 6 heteroatoms. The van der Waals surface area contributed by atoms with Crippen LogP contribution in [0.2, 0.25) is 5.02 Å². The first-order chi connectivity index (χ1) is 13.5. The highest BCUT2D eigenvalue weighted by Crippen LogP contribution is 2.24. The van der Waals surface area contributed by atoms with E-state index in [1.807, 2.05) is 6.20 Å². The van der Waals surface area contributed by atoms with Gasteiger partial charge in [-0.05, 0) is 49.2 Å². The van der Waals surface area contributed by atoms with E-state index in [4.69, 9.17) is 11.6 Å². The van der Waals surface area contributed by atoms with Crippen LogP contribution in [-0.2, 0) is 16.0 Å². The number of aryl methyl sites for hydroxylation is 1. The Labute approximate surface area is 168 Å². The molecular weight excluding hydrogens is 374 g/mol. The van der Waals surface area contributed by atoms with E-state index >= 15 is 0 Å². The number of carbonyl (C=O) groups excluding carboxylic acids is 2. The predicted molar refractivity (Wildman–Crippen MR) is 112 cm³/mol. The zero-order valence-corrected chi connectivity index (χ0v) is 16.4. The molecule has 1 aliphatic rings. The molecule has 4 rings (SSSR count). The van der Waals surface area contributed by atoms with Gasteiger partial charge in [0.2, 0.25) is 11.8 Å². The van der Waals surface area contributed by atoms with E-state index in [1.165, 1.54) is 16.5 Å². The van der Waals surface area contributed by atoms with E-state index in [1.54, 1.807) is 29.2 Å². The maximum atomic E-state index is 12.5. The molecule has 1 aliphatic heterocycles. The molecule has 3 aromatic rings. The van der Waals surface area contributed by atoms with Gasteiger partial charge in [0.25, 0.3) is 0 Å². The molecule has 144 valence electrons. The standard InChI is InChI=1S/C22H22ClN3O2/c1-14-5-6-20-19(9-14)15(12-24-20)7-8-26-13-16(10-21(26)27)22(28)25-18-4-2-3-17(23)11-18/h2-6,9,11-12,16,24H,7-8,10,13H2,1H3,(H,25,28). The van der Waals surface area contributed by atoms with Crippen LogP contribution in [0.25, 0.3) is 10.9 Å². The second kappa shape index (κ2) is 7.68. The molecule has 0 spiro atoms. The van der Waals surface area contributed by atoms with E-state index in [0.717, 1.165) is 11.9 Å². The van der Waals surface area contributed by atoms with Crippen molar-refractivity contribution in [1.82, 2.24) is 9.88 Å². The number of aromatic amines is 1. The maximum Gasteiger partial charge on any atom is 0.229 e. The first-order valence-corrected chi connectivity index (χ1v) is 9.78. The first kappa shape index (κ1) is 18.6. The van der Waals surface area contributed by atoms with Gasteiger partial charge in [0.1, 0.15) is 0 Å². The van der Waals surface area contributed by atoms with Crippen LogP contribution in [0, 0.1) is 12.8 Å². The first-order valence-electron chi connectivity index (χ1n) is 9.40. The second-order valence-electron chi connectivity index (χ2n) is 7.35. The van der Waals surface area contributed by atoms with E-state index in [9.17, 15) is 9.59 Å². The molecule has 0 radical (unpaired) electrons. The molecular formula is C22H22ClN3O2. The summed E-state index contributed by atoms with van der Waals surface area (Å²) in [6, 6.07) is 13.3. The highest BCUT2D eigenvalue weighted by molar-refractivity contribution is 6.30. The van der Waals surface area contributed by atoms with Crippen LogP contribution in [0.5, 0.6) is 0 Å². The summed E-state index contributed by atoms with van der Waals surface area (Å²) >= 11 is 5.96. The van der Waals surface area contributed by atoms with Gasteiger partial charge >= 0.3 is 0 Å². The zero-order chi connectivity index (χ0) is 19.7. The molecule has 1 aromatic heterocycles. The third-order valence-electron chi connectivity index (χ3n) is 5.25. The molecule has 0 saturated carbocycles. The molecule has 5 nitrogen and oxygen atoms in total. The van der Waals surface area contributed by atoms with Crippen molar-refractivity contribution in [3.05, 3.63) is 64.8 Å². The fourth-order valence-electron chi connectivity index (χ4n) is 3.73. The van der Waals surface area contributed by atoms with Gasteiger partial charge in [-0.15, -0.1) is 0 Å². The number of anilines is 1. The lowest BCUT2D eigenvalue weighted by molar-refractivity contribution is -0.128. The third-order valence-corrected chi connectivity index (χ3v) is 5.49. The Hall–Kier alpha value is -2.79. The average molecular weight is 396 g/mol. The number of likely N-dealkylation sites (tertiary alicyclic amines) is 1. The van der Waals surface area contributed by atoms with Crippen LogP contribution in [0.4, 0.5) is 5.69 Å². The molecule has 2 amide bonds. The lowest BCUT2D eigenvalue weighted by Crippen LogP contribution is -2.30. The molecule has 1 unspecified atom stereocenters. The van der Waals surface area contributed by atoms with E-state index < -0.39 is 0 Å². The quantitative estimate of drug-likeness (QED) is 0.681. The molecule has 2 heterocycles. The number of halogens is 1. The van der Waals surface area contributed by atoms with E-state index in [2.05, 4.69) is 35.4 Å². The normalized spacial score (nSPS) is 16.7. The van der Waals surface area contributed by atoms with Gasteiger partial charge in [-0.3, -0.25) is 9.59 Å². The van der Waals surface area contributed by atoms with Crippen LogP contribution < -0.4 is 5.32 Å². The van der Waals surface area contributed by atoms with Crippen molar-refractivity contribution in [1.29, 1.82) is 0 Å². The fraction of sp³-hybridized carbons (Fsp3) is 0.273. The molecule has 0 bridgehead atoms. The predicted octanol–water partition coefficient (Wildman–Crippen LogP) is 4.16. The van der Waals surface area contributed by atoms with Gasteiger partial charge < -0.3 is 15.2 Å². The van der Waals surface area contributed by atoms with Gasteiger partial charge in [-0.2, -0.15) is 0 Å². The van der Waals surface area contributed by atoms with Gasteiger partial charge in [0, 0.05) is 47.3 Å². The number of rotatable bonds is 5. The number of hydrogen-bond acceptors (Lipinski definition) is 2. The molecule has 0 aliphatic carbocycles. The van der Waals surface area contributed by atoms with Crippen molar-refractivity contribution in [2.45, 2.75) is 19.8 Å². The van der Waals surface area contributed by atoms with Crippen molar-refractivity contribution in [2.75, 3.05) is 18.4 Å². The average Bonchev–Trinajstić information content (AvgIpc) is 3.23. The van der Waals surface area contributed by atoms with Crippen molar-refractivity contribution in [3.8, 4) is 0 Å². The Kier molecular flexibility index (Phi) is 5.09. The smallest absolute Gasteiger partial charge is 0.229 e. The number of benzene rings is 2. The largest absolute Gasteiger partial charge is 0.361 e. The second-order valence-corrected chi connectivity index (χ2v) is 7.79. The molecule has 1 saturated heterocycles. The van der Waals surface area contributed by atoms with Crippen molar-refractivity contribution in [2.24, 2.45) is 5.92 Å². The van der Waals surface area contributed by atoms with Crippen LogP contribution in [0.15, 0.2) is 48.7 Å².